The Morgan fingerprint density at radius 3 is 2.42 bits per heavy atom. The number of benzene rings is 2. The van der Waals surface area contributed by atoms with Crippen LogP contribution in [0.3, 0.4) is 0 Å². The molecule has 1 saturated heterocycles. The number of ether oxygens (including phenoxy) is 1. The van der Waals surface area contributed by atoms with Gasteiger partial charge in [-0.15, -0.1) is 0 Å². The molecule has 3 heterocycles. The fourth-order valence-corrected chi connectivity index (χ4v) is 5.49. The fourth-order valence-electron chi connectivity index (χ4n) is 5.49. The summed E-state index contributed by atoms with van der Waals surface area (Å²) in [6.45, 7) is 2.97. The van der Waals surface area contributed by atoms with Crippen molar-refractivity contribution in [2.45, 2.75) is 44.4 Å². The number of anilines is 1. The minimum atomic E-state index is -4.73. The lowest BCUT2D eigenvalue weighted by Crippen LogP contribution is -2.53. The highest BCUT2D eigenvalue weighted by Gasteiger charge is 2.46. The standard InChI is InChI=1S/C32H29F5N4O4/c1-17(2)20-5-3-9-38-28(20)22-8-7-18(21-6-4-10-39-29(21)22)13-25(31(43)44)40-30(42)27-23(33)14-19(15-24(27)34)41-11-12-45-16-26(41)32(35,36)37/h3-10,14-15,17,25-26H,11-13,16H2,1-2H3,(H,40,42)(H,43,44)/t25-,26+/m0/s1. The Kier molecular flexibility index (Phi) is 9.01. The largest absolute Gasteiger partial charge is 0.480 e. The van der Waals surface area contributed by atoms with Crippen molar-refractivity contribution in [1.29, 1.82) is 0 Å². The van der Waals surface area contributed by atoms with Crippen LogP contribution >= 0.6 is 0 Å². The average molecular weight is 629 g/mol. The predicted octanol–water partition coefficient (Wildman–Crippen LogP) is 5.89. The van der Waals surface area contributed by atoms with Gasteiger partial charge in [-0.3, -0.25) is 14.8 Å². The zero-order valence-electron chi connectivity index (χ0n) is 24.2. The lowest BCUT2D eigenvalue weighted by molar-refractivity contribution is -0.167. The first kappa shape index (κ1) is 31.8. The molecule has 4 aromatic rings. The van der Waals surface area contributed by atoms with Crippen molar-refractivity contribution in [3.05, 3.63) is 89.2 Å². The van der Waals surface area contributed by atoms with Crippen molar-refractivity contribution in [2.75, 3.05) is 24.7 Å². The minimum Gasteiger partial charge on any atom is -0.480 e. The first-order valence-corrected chi connectivity index (χ1v) is 14.1. The number of morpholine rings is 1. The molecular weight excluding hydrogens is 599 g/mol. The normalized spacial score (nSPS) is 16.2. The van der Waals surface area contributed by atoms with E-state index in [0.717, 1.165) is 21.7 Å². The molecule has 1 aliphatic rings. The van der Waals surface area contributed by atoms with Gasteiger partial charge in [-0.1, -0.05) is 38.1 Å². The molecule has 45 heavy (non-hydrogen) atoms. The van der Waals surface area contributed by atoms with Gasteiger partial charge in [0, 0.05) is 42.0 Å². The minimum absolute atomic E-state index is 0.0930. The zero-order valence-corrected chi connectivity index (χ0v) is 24.2. The number of nitrogens with zero attached hydrogens (tertiary/aromatic N) is 3. The number of carbonyl (C=O) groups excluding carboxylic acids is 1. The van der Waals surface area contributed by atoms with E-state index < -0.39 is 59.6 Å². The Bertz CT molecular complexity index is 1720. The number of nitrogens with one attached hydrogen (secondary N) is 1. The number of hydrogen-bond donors (Lipinski definition) is 2. The lowest BCUT2D eigenvalue weighted by atomic mass is 9.93. The van der Waals surface area contributed by atoms with Gasteiger partial charge in [0.2, 0.25) is 0 Å². The molecule has 0 saturated carbocycles. The molecule has 5 rings (SSSR count). The first-order chi connectivity index (χ1) is 21.4. The molecule has 2 aromatic carbocycles. The van der Waals surface area contributed by atoms with Crippen molar-refractivity contribution in [2.24, 2.45) is 0 Å². The fraction of sp³-hybridized carbons (Fsp3) is 0.312. The number of carboxylic acids is 1. The molecule has 2 aromatic heterocycles. The second-order valence-corrected chi connectivity index (χ2v) is 10.9. The van der Waals surface area contributed by atoms with Crippen molar-refractivity contribution >= 4 is 28.5 Å². The number of halogens is 5. The number of rotatable bonds is 8. The highest BCUT2D eigenvalue weighted by atomic mass is 19.4. The maximum atomic E-state index is 15.1. The third kappa shape index (κ3) is 6.58. The van der Waals surface area contributed by atoms with Gasteiger partial charge in [0.1, 0.15) is 29.3 Å². The van der Waals surface area contributed by atoms with E-state index in [-0.39, 0.29) is 25.5 Å². The summed E-state index contributed by atoms with van der Waals surface area (Å²) in [7, 11) is 0. The smallest absolute Gasteiger partial charge is 0.411 e. The molecule has 0 aliphatic carbocycles. The summed E-state index contributed by atoms with van der Waals surface area (Å²) < 4.78 is 75.6. The van der Waals surface area contributed by atoms with Crippen LogP contribution in [0.5, 0.6) is 0 Å². The number of amides is 1. The molecule has 1 fully saturated rings. The van der Waals surface area contributed by atoms with Gasteiger partial charge < -0.3 is 20.1 Å². The van der Waals surface area contributed by atoms with Gasteiger partial charge in [-0.2, -0.15) is 13.2 Å². The van der Waals surface area contributed by atoms with Crippen LogP contribution in [-0.2, 0) is 16.0 Å². The topological polar surface area (TPSA) is 105 Å². The third-order valence-electron chi connectivity index (χ3n) is 7.70. The van der Waals surface area contributed by atoms with Crippen LogP contribution in [0.4, 0.5) is 27.6 Å². The Labute approximate surface area is 254 Å². The van der Waals surface area contributed by atoms with Gasteiger partial charge in [-0.05, 0) is 41.3 Å². The van der Waals surface area contributed by atoms with Crippen molar-refractivity contribution in [3.63, 3.8) is 0 Å². The highest BCUT2D eigenvalue weighted by molar-refractivity contribution is 5.98. The van der Waals surface area contributed by atoms with E-state index in [0.29, 0.717) is 28.6 Å². The molecule has 1 aliphatic heterocycles. The predicted molar refractivity (Wildman–Crippen MR) is 156 cm³/mol. The van der Waals surface area contributed by atoms with Crippen LogP contribution in [0.2, 0.25) is 0 Å². The second kappa shape index (κ2) is 12.8. The number of aromatic nitrogens is 2. The van der Waals surface area contributed by atoms with Crippen LogP contribution in [0.15, 0.2) is 60.9 Å². The van der Waals surface area contributed by atoms with Crippen LogP contribution in [-0.4, -0.2) is 65.0 Å². The molecule has 2 N–H and O–H groups in total. The summed E-state index contributed by atoms with van der Waals surface area (Å²) in [5.41, 5.74) is 1.96. The molecule has 0 radical (unpaired) electrons. The van der Waals surface area contributed by atoms with E-state index in [1.165, 1.54) is 0 Å². The van der Waals surface area contributed by atoms with Gasteiger partial charge >= 0.3 is 12.1 Å². The summed E-state index contributed by atoms with van der Waals surface area (Å²) in [5.74, 6) is -5.54. The van der Waals surface area contributed by atoms with Crippen LogP contribution < -0.4 is 10.2 Å². The van der Waals surface area contributed by atoms with E-state index in [1.807, 2.05) is 26.0 Å². The SMILES string of the molecule is CC(C)c1cccnc1-c1ccc(C[C@H](NC(=O)c2c(F)cc(N3CCOC[C@@H]3C(F)(F)F)cc2F)C(=O)O)c2cccnc12. The van der Waals surface area contributed by atoms with Crippen molar-refractivity contribution in [3.8, 4) is 11.3 Å². The van der Waals surface area contributed by atoms with E-state index in [1.54, 1.807) is 36.7 Å². The number of hydrogen-bond acceptors (Lipinski definition) is 6. The summed E-state index contributed by atoms with van der Waals surface area (Å²) in [4.78, 5) is 35.1. The van der Waals surface area contributed by atoms with Crippen molar-refractivity contribution < 1.29 is 41.4 Å². The van der Waals surface area contributed by atoms with E-state index in [2.05, 4.69) is 15.3 Å². The van der Waals surface area contributed by atoms with Gasteiger partial charge in [0.05, 0.1) is 24.4 Å². The maximum Gasteiger partial charge on any atom is 0.411 e. The summed E-state index contributed by atoms with van der Waals surface area (Å²) >= 11 is 0. The number of fused-ring (bicyclic) bond motifs is 1. The van der Waals surface area contributed by atoms with Gasteiger partial charge in [0.15, 0.2) is 0 Å². The summed E-state index contributed by atoms with van der Waals surface area (Å²) in [6.07, 6.45) is -1.73. The molecule has 2 atom stereocenters. The molecular formula is C32H29F5N4O4. The molecule has 0 spiro atoms. The van der Waals surface area contributed by atoms with E-state index in [9.17, 15) is 27.9 Å². The highest BCUT2D eigenvalue weighted by Crippen LogP contribution is 2.34. The average Bonchev–Trinajstić information content (AvgIpc) is 3.00. The number of carboxylic acid groups (broad SMARTS) is 1. The van der Waals surface area contributed by atoms with Crippen LogP contribution in [0, 0.1) is 11.6 Å². The Morgan fingerprint density at radius 1 is 1.07 bits per heavy atom. The monoisotopic (exact) mass is 628 g/mol. The van der Waals surface area contributed by atoms with Crippen LogP contribution in [0.25, 0.3) is 22.2 Å². The first-order valence-electron chi connectivity index (χ1n) is 14.1. The molecule has 8 nitrogen and oxygen atoms in total. The molecule has 0 bridgehead atoms. The number of alkyl halides is 3. The van der Waals surface area contributed by atoms with E-state index >= 15 is 8.78 Å². The Morgan fingerprint density at radius 2 is 1.76 bits per heavy atom. The quantitative estimate of drug-likeness (QED) is 0.235. The number of pyridine rings is 2. The maximum absolute atomic E-state index is 15.1. The molecule has 0 unspecified atom stereocenters. The Balaban J connectivity index is 1.43. The summed E-state index contributed by atoms with van der Waals surface area (Å²) in [6, 6.07) is 8.18. The van der Waals surface area contributed by atoms with Gasteiger partial charge in [0.25, 0.3) is 5.91 Å². The lowest BCUT2D eigenvalue weighted by Gasteiger charge is -2.38. The molecule has 13 heteroatoms. The summed E-state index contributed by atoms with van der Waals surface area (Å²) in [5, 5.41) is 12.7. The molecule has 236 valence electrons. The zero-order chi connectivity index (χ0) is 32.5. The van der Waals surface area contributed by atoms with Crippen LogP contribution in [0.1, 0.15) is 41.3 Å². The van der Waals surface area contributed by atoms with Gasteiger partial charge in [-0.25, -0.2) is 13.6 Å². The third-order valence-corrected chi connectivity index (χ3v) is 7.70. The Hall–Kier alpha value is -4.65. The van der Waals surface area contributed by atoms with Crippen molar-refractivity contribution in [1.82, 2.24) is 15.3 Å². The van der Waals surface area contributed by atoms with E-state index in [4.69, 9.17) is 4.74 Å². The molecule has 1 amide bonds. The second-order valence-electron chi connectivity index (χ2n) is 10.9. The number of carbonyl (C=O) groups is 2. The number of aliphatic carboxylic acids is 1.